The van der Waals surface area contributed by atoms with Crippen molar-refractivity contribution in [3.63, 3.8) is 0 Å². The van der Waals surface area contributed by atoms with Gasteiger partial charge in [0.1, 0.15) is 29.0 Å². The number of fused-ring (bicyclic) bond motifs is 4. The monoisotopic (exact) mass is 713 g/mol. The largest absolute Gasteiger partial charge is 0.496 e. The molecule has 8 nitrogen and oxygen atoms in total. The van der Waals surface area contributed by atoms with Crippen LogP contribution in [0.4, 0.5) is 17.1 Å². The summed E-state index contributed by atoms with van der Waals surface area (Å²) in [5.74, 6) is 4.22. The third-order valence-electron chi connectivity index (χ3n) is 9.85. The molecule has 0 spiro atoms. The second kappa shape index (κ2) is 12.6. The summed E-state index contributed by atoms with van der Waals surface area (Å²) in [5.41, 5.74) is 6.30. The predicted octanol–water partition coefficient (Wildman–Crippen LogP) is 11.0. The molecule has 0 atom stereocenters. The topological polar surface area (TPSA) is 71.7 Å². The quantitative estimate of drug-likeness (QED) is 0.166. The van der Waals surface area contributed by atoms with Crippen LogP contribution in [0, 0.1) is 0 Å². The Labute approximate surface area is 317 Å². The van der Waals surface area contributed by atoms with Crippen LogP contribution in [0.5, 0.6) is 11.5 Å². The zero-order chi connectivity index (χ0) is 38.2. The standard InChI is InChI=1S/C46H47N7O/c1-44(2,3)29-23-30(52-28-51(10)36-19-13-14-20-37(36)52)25-31(24-29)54-39-27-38-33(32-17-11-12-18-35(32)53(38)40-21-15-16-22-47-40)26-34(39)41-48-42(45(4,5)6)50-43(49-41)46(7,8)9/h11-27H,1-10H3/q+2. The Morgan fingerprint density at radius 2 is 1.30 bits per heavy atom. The second-order valence-corrected chi connectivity index (χ2v) is 17.3. The van der Waals surface area contributed by atoms with E-state index in [1.165, 1.54) is 0 Å². The number of aromatic nitrogens is 5. The van der Waals surface area contributed by atoms with E-state index in [0.717, 1.165) is 67.5 Å². The highest BCUT2D eigenvalue weighted by Crippen LogP contribution is 2.43. The van der Waals surface area contributed by atoms with Gasteiger partial charge in [-0.3, -0.25) is 4.57 Å². The van der Waals surface area contributed by atoms with Gasteiger partial charge in [0, 0.05) is 52.1 Å². The van der Waals surface area contributed by atoms with Crippen LogP contribution in [-0.2, 0) is 16.2 Å². The first-order valence-electron chi connectivity index (χ1n) is 18.5. The van der Waals surface area contributed by atoms with Crippen LogP contribution in [0.15, 0.2) is 103 Å². The number of nitrogens with zero attached hydrogens (tertiary/aromatic N) is 7. The van der Waals surface area contributed by atoms with Crippen molar-refractivity contribution in [3.8, 4) is 28.7 Å². The molecule has 0 N–H and O–H groups in total. The molecule has 0 bridgehead atoms. The molecule has 54 heavy (non-hydrogen) atoms. The highest BCUT2D eigenvalue weighted by molar-refractivity contribution is 6.11. The van der Waals surface area contributed by atoms with E-state index in [1.807, 2.05) is 36.0 Å². The molecule has 0 radical (unpaired) electrons. The third kappa shape index (κ3) is 6.26. The lowest BCUT2D eigenvalue weighted by Gasteiger charge is -2.23. The van der Waals surface area contributed by atoms with Gasteiger partial charge in [-0.05, 0) is 45.9 Å². The molecule has 1 aliphatic rings. The molecule has 3 aromatic heterocycles. The van der Waals surface area contributed by atoms with Gasteiger partial charge in [-0.2, -0.15) is 0 Å². The summed E-state index contributed by atoms with van der Waals surface area (Å²) in [6, 6.07) is 37.1. The van der Waals surface area contributed by atoms with Gasteiger partial charge in [-0.15, -0.1) is 0 Å². The van der Waals surface area contributed by atoms with Crippen LogP contribution in [0.25, 0.3) is 39.0 Å². The summed E-state index contributed by atoms with van der Waals surface area (Å²) < 4.78 is 13.5. The van der Waals surface area contributed by atoms with E-state index in [2.05, 4.69) is 156 Å². The van der Waals surface area contributed by atoms with Crippen molar-refractivity contribution in [1.82, 2.24) is 29.1 Å². The summed E-state index contributed by atoms with van der Waals surface area (Å²) >= 11 is 0. The fourth-order valence-corrected chi connectivity index (χ4v) is 6.88. The first kappa shape index (κ1) is 35.1. The van der Waals surface area contributed by atoms with Crippen LogP contribution >= 0.6 is 0 Å². The van der Waals surface area contributed by atoms with Crippen LogP contribution in [0.2, 0.25) is 0 Å². The maximum absolute atomic E-state index is 7.16. The molecule has 0 aliphatic carbocycles. The molecule has 0 saturated carbocycles. The van der Waals surface area contributed by atoms with Crippen molar-refractivity contribution in [2.75, 3.05) is 7.05 Å². The van der Waals surface area contributed by atoms with Gasteiger partial charge in [0.2, 0.25) is 5.69 Å². The maximum Gasteiger partial charge on any atom is 0.496 e. The zero-order valence-electron chi connectivity index (χ0n) is 32.9. The fraction of sp³-hybridized carbons (Fsp3) is 0.283. The lowest BCUT2D eigenvalue weighted by molar-refractivity contribution is -0.394. The van der Waals surface area contributed by atoms with E-state index in [1.54, 1.807) is 0 Å². The SMILES string of the molecule is C[N+]1=C=[N+](c2cc(Oc3cc4c(cc3-c3nc(C(C)(C)C)nc(C(C)(C)C)n3)c3ccccc3n4-c3ccccn3)cc(C(C)(C)C)c2)c2ccccc21. The van der Waals surface area contributed by atoms with Crippen molar-refractivity contribution >= 4 is 44.9 Å². The maximum atomic E-state index is 7.16. The van der Waals surface area contributed by atoms with E-state index in [9.17, 15) is 0 Å². The lowest BCUT2D eigenvalue weighted by Crippen LogP contribution is -2.24. The molecule has 1 aliphatic heterocycles. The molecule has 8 rings (SSSR count). The van der Waals surface area contributed by atoms with Gasteiger partial charge in [-0.1, -0.05) is 103 Å². The number of hydrogen-bond acceptors (Lipinski definition) is 5. The number of hydrogen-bond donors (Lipinski definition) is 0. The van der Waals surface area contributed by atoms with Crippen LogP contribution in [0.1, 0.15) is 79.5 Å². The minimum absolute atomic E-state index is 0.158. The highest BCUT2D eigenvalue weighted by atomic mass is 16.5. The van der Waals surface area contributed by atoms with Crippen molar-refractivity contribution in [1.29, 1.82) is 0 Å². The van der Waals surface area contributed by atoms with Crippen LogP contribution in [0.3, 0.4) is 0 Å². The van der Waals surface area contributed by atoms with Crippen molar-refractivity contribution in [2.45, 2.75) is 78.6 Å². The number of para-hydroxylation sites is 3. The number of ether oxygens (including phenoxy) is 1. The number of benzene rings is 4. The molecule has 4 aromatic carbocycles. The Morgan fingerprint density at radius 3 is 1.96 bits per heavy atom. The molecule has 270 valence electrons. The van der Waals surface area contributed by atoms with E-state index in [0.29, 0.717) is 17.3 Å². The van der Waals surface area contributed by atoms with Crippen molar-refractivity contribution in [2.24, 2.45) is 0 Å². The molecule has 8 heteroatoms. The molecular weight excluding hydrogens is 667 g/mol. The smallest absolute Gasteiger partial charge is 0.456 e. The minimum atomic E-state index is -0.306. The predicted molar refractivity (Wildman–Crippen MR) is 219 cm³/mol. The fourth-order valence-electron chi connectivity index (χ4n) is 6.88. The number of rotatable bonds is 5. The molecule has 0 fully saturated rings. The number of pyridine rings is 1. The summed E-state index contributed by atoms with van der Waals surface area (Å²) in [7, 11) is 2.03. The van der Waals surface area contributed by atoms with Gasteiger partial charge in [0.15, 0.2) is 12.9 Å². The van der Waals surface area contributed by atoms with Gasteiger partial charge in [-0.25, -0.2) is 19.9 Å². The lowest BCUT2D eigenvalue weighted by atomic mass is 9.86. The Balaban J connectivity index is 1.42. The molecule has 7 aromatic rings. The molecule has 0 saturated heterocycles. The molecule has 0 amide bonds. The van der Waals surface area contributed by atoms with Crippen molar-refractivity contribution < 1.29 is 9.31 Å². The average Bonchev–Trinajstić information content (AvgIpc) is 3.64. The second-order valence-electron chi connectivity index (χ2n) is 17.3. The van der Waals surface area contributed by atoms with Gasteiger partial charge in [0.05, 0.1) is 22.7 Å². The van der Waals surface area contributed by atoms with Crippen molar-refractivity contribution in [3.05, 3.63) is 120 Å². The molecular formula is C46H47N7O+2. The summed E-state index contributed by atoms with van der Waals surface area (Å²) in [4.78, 5) is 20.1. The summed E-state index contributed by atoms with van der Waals surface area (Å²) in [6.45, 7) is 19.5. The Hall–Kier alpha value is -5.98. The van der Waals surface area contributed by atoms with Gasteiger partial charge >= 0.3 is 6.01 Å². The zero-order valence-corrected chi connectivity index (χ0v) is 32.9. The van der Waals surface area contributed by atoms with Gasteiger partial charge < -0.3 is 4.74 Å². The Bertz CT molecular complexity index is 2650. The minimum Gasteiger partial charge on any atom is -0.456 e. The Kier molecular flexibility index (Phi) is 8.16. The van der Waals surface area contributed by atoms with E-state index < -0.39 is 0 Å². The summed E-state index contributed by atoms with van der Waals surface area (Å²) in [6.07, 6.45) is 1.83. The van der Waals surface area contributed by atoms with E-state index in [-0.39, 0.29) is 16.2 Å². The first-order chi connectivity index (χ1) is 25.6. The normalized spacial score (nSPS) is 13.3. The van der Waals surface area contributed by atoms with Crippen LogP contribution < -0.4 is 9.31 Å². The third-order valence-corrected chi connectivity index (χ3v) is 9.85. The van der Waals surface area contributed by atoms with Gasteiger partial charge in [0.25, 0.3) is 11.4 Å². The highest BCUT2D eigenvalue weighted by Gasteiger charge is 2.34. The van der Waals surface area contributed by atoms with Crippen LogP contribution in [-0.4, -0.2) is 42.1 Å². The van der Waals surface area contributed by atoms with E-state index in [4.69, 9.17) is 24.7 Å². The molecule has 0 unspecified atom stereocenters. The Morgan fingerprint density at radius 1 is 0.630 bits per heavy atom. The van der Waals surface area contributed by atoms with E-state index >= 15 is 0 Å². The average molecular weight is 714 g/mol. The first-order valence-corrected chi connectivity index (χ1v) is 18.5. The molecule has 4 heterocycles. The summed E-state index contributed by atoms with van der Waals surface area (Å²) in [5, 5.41) is 2.16.